The standard InChI is InChI=1S/C18H20FN3O2/c1-12-11-14(17(23)20-2)7-8-16(12)22-18(24)21-10-9-13-5-3-4-6-15(13)19/h3-8,11H,9-10H2,1-2H3,(H,20,23)(H2,21,22,24). The number of anilines is 1. The lowest BCUT2D eigenvalue weighted by Crippen LogP contribution is -2.30. The third-order valence-corrected chi connectivity index (χ3v) is 3.60. The Morgan fingerprint density at radius 1 is 1.12 bits per heavy atom. The zero-order valence-corrected chi connectivity index (χ0v) is 13.7. The van der Waals surface area contributed by atoms with Gasteiger partial charge in [0, 0.05) is 24.8 Å². The van der Waals surface area contributed by atoms with E-state index in [2.05, 4.69) is 16.0 Å². The molecule has 6 heteroatoms. The number of hydrogen-bond acceptors (Lipinski definition) is 2. The molecule has 0 radical (unpaired) electrons. The number of carbonyl (C=O) groups excluding carboxylic acids is 2. The van der Waals surface area contributed by atoms with Gasteiger partial charge in [0.1, 0.15) is 5.82 Å². The zero-order valence-electron chi connectivity index (χ0n) is 13.7. The van der Waals surface area contributed by atoms with Crippen LogP contribution in [0.4, 0.5) is 14.9 Å². The molecule has 2 aromatic carbocycles. The van der Waals surface area contributed by atoms with E-state index < -0.39 is 0 Å². The molecule has 0 aromatic heterocycles. The fraction of sp³-hybridized carbons (Fsp3) is 0.222. The third-order valence-electron chi connectivity index (χ3n) is 3.60. The molecular formula is C18H20FN3O2. The van der Waals surface area contributed by atoms with E-state index >= 15 is 0 Å². The second-order valence-electron chi connectivity index (χ2n) is 5.33. The van der Waals surface area contributed by atoms with Gasteiger partial charge in [0.2, 0.25) is 0 Å². The first-order valence-electron chi connectivity index (χ1n) is 7.62. The van der Waals surface area contributed by atoms with Crippen molar-refractivity contribution in [2.24, 2.45) is 0 Å². The van der Waals surface area contributed by atoms with Crippen molar-refractivity contribution in [1.29, 1.82) is 0 Å². The van der Waals surface area contributed by atoms with E-state index in [1.807, 2.05) is 0 Å². The lowest BCUT2D eigenvalue weighted by atomic mass is 10.1. The molecule has 0 atom stereocenters. The number of hydrogen-bond donors (Lipinski definition) is 3. The van der Waals surface area contributed by atoms with E-state index in [0.29, 0.717) is 29.8 Å². The first-order valence-corrected chi connectivity index (χ1v) is 7.62. The van der Waals surface area contributed by atoms with Crippen molar-refractivity contribution in [3.63, 3.8) is 0 Å². The Hall–Kier alpha value is -2.89. The molecule has 0 bridgehead atoms. The Morgan fingerprint density at radius 3 is 2.54 bits per heavy atom. The van der Waals surface area contributed by atoms with E-state index in [-0.39, 0.29) is 17.8 Å². The van der Waals surface area contributed by atoms with Crippen LogP contribution in [0.2, 0.25) is 0 Å². The molecule has 0 heterocycles. The van der Waals surface area contributed by atoms with E-state index in [0.717, 1.165) is 5.56 Å². The topological polar surface area (TPSA) is 70.2 Å². The molecular weight excluding hydrogens is 309 g/mol. The van der Waals surface area contributed by atoms with Crippen molar-refractivity contribution in [3.05, 3.63) is 65.0 Å². The van der Waals surface area contributed by atoms with Gasteiger partial charge in [-0.3, -0.25) is 4.79 Å². The summed E-state index contributed by atoms with van der Waals surface area (Å²) < 4.78 is 13.5. The van der Waals surface area contributed by atoms with Crippen LogP contribution in [0, 0.1) is 12.7 Å². The minimum atomic E-state index is -0.373. The summed E-state index contributed by atoms with van der Waals surface area (Å²) in [4.78, 5) is 23.5. The van der Waals surface area contributed by atoms with Gasteiger partial charge in [-0.25, -0.2) is 9.18 Å². The Balaban J connectivity index is 1.88. The lowest BCUT2D eigenvalue weighted by molar-refractivity contribution is 0.0963. The van der Waals surface area contributed by atoms with Gasteiger partial charge in [-0.2, -0.15) is 0 Å². The second kappa shape index (κ2) is 8.10. The number of carbonyl (C=O) groups is 2. The molecule has 0 saturated heterocycles. The van der Waals surface area contributed by atoms with Gasteiger partial charge in [-0.1, -0.05) is 18.2 Å². The Bertz CT molecular complexity index is 747. The van der Waals surface area contributed by atoms with Gasteiger partial charge >= 0.3 is 6.03 Å². The van der Waals surface area contributed by atoms with Gasteiger partial charge in [-0.15, -0.1) is 0 Å². The molecule has 0 aliphatic carbocycles. The monoisotopic (exact) mass is 329 g/mol. The predicted octanol–water partition coefficient (Wildman–Crippen LogP) is 2.86. The Morgan fingerprint density at radius 2 is 1.88 bits per heavy atom. The number of rotatable bonds is 5. The van der Waals surface area contributed by atoms with E-state index in [9.17, 15) is 14.0 Å². The molecule has 2 aromatic rings. The van der Waals surface area contributed by atoms with Crippen LogP contribution in [0.3, 0.4) is 0 Å². The SMILES string of the molecule is CNC(=O)c1ccc(NC(=O)NCCc2ccccc2F)c(C)c1. The molecule has 0 aliphatic heterocycles. The molecule has 3 amide bonds. The number of nitrogens with one attached hydrogen (secondary N) is 3. The maximum absolute atomic E-state index is 13.5. The van der Waals surface area contributed by atoms with Crippen molar-refractivity contribution in [2.45, 2.75) is 13.3 Å². The van der Waals surface area contributed by atoms with Gasteiger partial charge in [0.15, 0.2) is 0 Å². The normalized spacial score (nSPS) is 10.1. The van der Waals surface area contributed by atoms with Crippen LogP contribution in [-0.4, -0.2) is 25.5 Å². The van der Waals surface area contributed by atoms with Crippen molar-refractivity contribution >= 4 is 17.6 Å². The highest BCUT2D eigenvalue weighted by Gasteiger charge is 2.08. The van der Waals surface area contributed by atoms with Gasteiger partial charge in [0.05, 0.1) is 0 Å². The average molecular weight is 329 g/mol. The quantitative estimate of drug-likeness (QED) is 0.789. The molecule has 2 rings (SSSR count). The molecule has 0 spiro atoms. The maximum Gasteiger partial charge on any atom is 0.319 e. The summed E-state index contributed by atoms with van der Waals surface area (Å²) in [5.41, 5.74) is 2.48. The van der Waals surface area contributed by atoms with Crippen molar-refractivity contribution in [1.82, 2.24) is 10.6 Å². The second-order valence-corrected chi connectivity index (χ2v) is 5.33. The predicted molar refractivity (Wildman–Crippen MR) is 91.7 cm³/mol. The van der Waals surface area contributed by atoms with Gasteiger partial charge < -0.3 is 16.0 Å². The van der Waals surface area contributed by atoms with Gasteiger partial charge in [0.25, 0.3) is 5.91 Å². The lowest BCUT2D eigenvalue weighted by Gasteiger charge is -2.11. The number of halogens is 1. The van der Waals surface area contributed by atoms with Crippen LogP contribution >= 0.6 is 0 Å². The smallest absolute Gasteiger partial charge is 0.319 e. The van der Waals surface area contributed by atoms with E-state index in [1.165, 1.54) is 6.07 Å². The summed E-state index contributed by atoms with van der Waals surface area (Å²) in [6.07, 6.45) is 0.411. The van der Waals surface area contributed by atoms with Crippen molar-refractivity contribution in [3.8, 4) is 0 Å². The van der Waals surface area contributed by atoms with Gasteiger partial charge in [-0.05, 0) is 48.7 Å². The molecule has 0 fully saturated rings. The highest BCUT2D eigenvalue weighted by Crippen LogP contribution is 2.16. The highest BCUT2D eigenvalue weighted by atomic mass is 19.1. The Kier molecular flexibility index (Phi) is 5.89. The number of urea groups is 1. The molecule has 5 nitrogen and oxygen atoms in total. The summed E-state index contributed by atoms with van der Waals surface area (Å²) in [7, 11) is 1.56. The summed E-state index contributed by atoms with van der Waals surface area (Å²) in [5, 5.41) is 7.95. The van der Waals surface area contributed by atoms with Crippen LogP contribution in [0.15, 0.2) is 42.5 Å². The minimum absolute atomic E-state index is 0.181. The third kappa shape index (κ3) is 4.55. The number of aryl methyl sites for hydroxylation is 1. The Labute approximate surface area is 140 Å². The summed E-state index contributed by atoms with van der Waals surface area (Å²) in [5.74, 6) is -0.459. The van der Waals surface area contributed by atoms with Crippen LogP contribution in [0.25, 0.3) is 0 Å². The van der Waals surface area contributed by atoms with Crippen LogP contribution in [-0.2, 0) is 6.42 Å². The molecule has 0 saturated carbocycles. The van der Waals surface area contributed by atoms with Crippen LogP contribution < -0.4 is 16.0 Å². The fourth-order valence-electron chi connectivity index (χ4n) is 2.27. The molecule has 126 valence electrons. The summed E-state index contributed by atoms with van der Waals surface area (Å²) >= 11 is 0. The zero-order chi connectivity index (χ0) is 17.5. The fourth-order valence-corrected chi connectivity index (χ4v) is 2.27. The largest absolute Gasteiger partial charge is 0.355 e. The van der Waals surface area contributed by atoms with E-state index in [1.54, 1.807) is 50.4 Å². The number of amides is 3. The van der Waals surface area contributed by atoms with Crippen molar-refractivity contribution in [2.75, 3.05) is 18.9 Å². The number of benzene rings is 2. The molecule has 0 unspecified atom stereocenters. The van der Waals surface area contributed by atoms with E-state index in [4.69, 9.17) is 0 Å². The molecule has 24 heavy (non-hydrogen) atoms. The van der Waals surface area contributed by atoms with Crippen LogP contribution in [0.1, 0.15) is 21.5 Å². The molecule has 3 N–H and O–H groups in total. The highest BCUT2D eigenvalue weighted by molar-refractivity contribution is 5.96. The summed E-state index contributed by atoms with van der Waals surface area (Å²) in [6, 6.07) is 11.1. The summed E-state index contributed by atoms with van der Waals surface area (Å²) in [6.45, 7) is 2.13. The minimum Gasteiger partial charge on any atom is -0.355 e. The average Bonchev–Trinajstić information content (AvgIpc) is 2.57. The first-order chi connectivity index (χ1) is 11.5. The van der Waals surface area contributed by atoms with Crippen LogP contribution in [0.5, 0.6) is 0 Å². The maximum atomic E-state index is 13.5. The van der Waals surface area contributed by atoms with Crippen molar-refractivity contribution < 1.29 is 14.0 Å². The first kappa shape index (κ1) is 17.5. The molecule has 0 aliphatic rings.